The average Bonchev–Trinajstić information content (AvgIpc) is 3.10. The molecule has 1 amide bonds. The molecule has 1 aliphatic rings. The summed E-state index contributed by atoms with van der Waals surface area (Å²) in [5, 5.41) is 3.32. The summed E-state index contributed by atoms with van der Waals surface area (Å²) in [7, 11) is 0. The third-order valence-corrected chi connectivity index (χ3v) is 4.83. The van der Waals surface area contributed by atoms with E-state index in [9.17, 15) is 4.79 Å². The lowest BCUT2D eigenvalue weighted by Gasteiger charge is -2.21. The summed E-state index contributed by atoms with van der Waals surface area (Å²) in [5.41, 5.74) is 3.36. The molecular weight excluding hydrogens is 352 g/mol. The lowest BCUT2D eigenvalue weighted by Crippen LogP contribution is -2.28. The summed E-state index contributed by atoms with van der Waals surface area (Å²) in [6, 6.07) is 19.7. The van der Waals surface area contributed by atoms with E-state index in [1.807, 2.05) is 36.4 Å². The van der Waals surface area contributed by atoms with E-state index in [1.54, 1.807) is 17.2 Å². The fourth-order valence-electron chi connectivity index (χ4n) is 3.36. The molecule has 0 spiro atoms. The highest BCUT2D eigenvalue weighted by atomic mass is 16.6. The van der Waals surface area contributed by atoms with Gasteiger partial charge in [0, 0.05) is 6.20 Å². The van der Waals surface area contributed by atoms with Crippen LogP contribution in [0, 0.1) is 6.92 Å². The Morgan fingerprint density at radius 3 is 2.75 bits per heavy atom. The Bertz CT molecular complexity index is 977. The maximum Gasteiger partial charge on any atom is 0.416 e. The van der Waals surface area contributed by atoms with Gasteiger partial charge in [-0.2, -0.15) is 4.98 Å². The molecule has 6 nitrogen and oxygen atoms in total. The van der Waals surface area contributed by atoms with Gasteiger partial charge in [-0.3, -0.25) is 4.90 Å². The first kappa shape index (κ1) is 18.0. The second kappa shape index (κ2) is 7.68. The minimum absolute atomic E-state index is 0.0330. The number of carbonyl (C=O) groups is 1. The van der Waals surface area contributed by atoms with Crippen LogP contribution in [0.4, 0.5) is 16.6 Å². The van der Waals surface area contributed by atoms with E-state index in [1.165, 1.54) is 5.56 Å². The second-order valence-corrected chi connectivity index (χ2v) is 6.89. The summed E-state index contributed by atoms with van der Waals surface area (Å²) in [4.78, 5) is 22.8. The molecule has 1 aliphatic heterocycles. The highest BCUT2D eigenvalue weighted by Crippen LogP contribution is 2.32. The lowest BCUT2D eigenvalue weighted by atomic mass is 10.1. The minimum atomic E-state index is -0.398. The van der Waals surface area contributed by atoms with Gasteiger partial charge in [-0.25, -0.2) is 9.78 Å². The standard InChI is InChI=1S/C22H22N4O2/c1-15-7-6-10-18(13-15)16(2)24-21-23-12-11-20(25-21)26-19(14-28-22(26)27)17-8-4-3-5-9-17/h3-13,16,19H,14H2,1-2H3,(H,23,24,25)/t16-,19-/m0/s1. The Morgan fingerprint density at radius 2 is 1.96 bits per heavy atom. The number of nitrogens with one attached hydrogen (secondary N) is 1. The van der Waals surface area contributed by atoms with Gasteiger partial charge in [0.1, 0.15) is 18.5 Å². The van der Waals surface area contributed by atoms with Crippen LogP contribution in [0.5, 0.6) is 0 Å². The number of cyclic esters (lactones) is 1. The van der Waals surface area contributed by atoms with E-state index in [2.05, 4.69) is 47.3 Å². The predicted octanol–water partition coefficient (Wildman–Crippen LogP) is 4.66. The molecule has 3 aromatic rings. The van der Waals surface area contributed by atoms with Gasteiger partial charge in [0.25, 0.3) is 0 Å². The molecule has 0 unspecified atom stereocenters. The Balaban J connectivity index is 1.58. The Hall–Kier alpha value is -3.41. The zero-order chi connectivity index (χ0) is 19.5. The van der Waals surface area contributed by atoms with Gasteiger partial charge in [-0.1, -0.05) is 60.2 Å². The third-order valence-electron chi connectivity index (χ3n) is 4.83. The quantitative estimate of drug-likeness (QED) is 0.704. The van der Waals surface area contributed by atoms with Gasteiger partial charge in [0.15, 0.2) is 0 Å². The number of anilines is 2. The van der Waals surface area contributed by atoms with Gasteiger partial charge in [-0.05, 0) is 31.0 Å². The summed E-state index contributed by atoms with van der Waals surface area (Å²) >= 11 is 0. The molecule has 2 heterocycles. The molecule has 1 aromatic heterocycles. The molecule has 1 saturated heterocycles. The van der Waals surface area contributed by atoms with Crippen LogP contribution in [0.25, 0.3) is 0 Å². The molecule has 2 aromatic carbocycles. The van der Waals surface area contributed by atoms with Crippen molar-refractivity contribution in [1.29, 1.82) is 0 Å². The molecule has 1 N–H and O–H groups in total. The van der Waals surface area contributed by atoms with Crippen molar-refractivity contribution >= 4 is 17.9 Å². The number of nitrogens with zero attached hydrogens (tertiary/aromatic N) is 3. The molecular formula is C22H22N4O2. The maximum atomic E-state index is 12.4. The molecule has 0 saturated carbocycles. The van der Waals surface area contributed by atoms with Crippen molar-refractivity contribution in [2.75, 3.05) is 16.8 Å². The fourth-order valence-corrected chi connectivity index (χ4v) is 3.36. The number of carbonyl (C=O) groups excluding carboxylic acids is 1. The molecule has 0 aliphatic carbocycles. The zero-order valence-corrected chi connectivity index (χ0v) is 15.9. The third kappa shape index (κ3) is 3.67. The van der Waals surface area contributed by atoms with E-state index in [0.29, 0.717) is 18.4 Å². The number of hydrogen-bond donors (Lipinski definition) is 1. The molecule has 142 valence electrons. The number of aromatic nitrogens is 2. The van der Waals surface area contributed by atoms with Crippen molar-refractivity contribution in [3.63, 3.8) is 0 Å². The summed E-state index contributed by atoms with van der Waals surface area (Å²) in [6.45, 7) is 4.42. The highest BCUT2D eigenvalue weighted by molar-refractivity contribution is 5.89. The van der Waals surface area contributed by atoms with Crippen LogP contribution < -0.4 is 10.2 Å². The van der Waals surface area contributed by atoms with E-state index in [4.69, 9.17) is 4.74 Å². The van der Waals surface area contributed by atoms with Crippen molar-refractivity contribution < 1.29 is 9.53 Å². The number of rotatable bonds is 5. The first-order valence-corrected chi connectivity index (χ1v) is 9.29. The number of ether oxygens (including phenoxy) is 1. The van der Waals surface area contributed by atoms with Crippen molar-refractivity contribution in [2.24, 2.45) is 0 Å². The molecule has 4 rings (SSSR count). The SMILES string of the molecule is Cc1cccc([C@H](C)Nc2nccc(N3C(=O)OC[C@H]3c3ccccc3)n2)c1. The Kier molecular flexibility index (Phi) is 4.93. The van der Waals surface area contributed by atoms with E-state index in [-0.39, 0.29) is 12.1 Å². The van der Waals surface area contributed by atoms with Gasteiger partial charge < -0.3 is 10.1 Å². The molecule has 6 heteroatoms. The predicted molar refractivity (Wildman–Crippen MR) is 108 cm³/mol. The summed E-state index contributed by atoms with van der Waals surface area (Å²) in [5.74, 6) is 0.989. The van der Waals surface area contributed by atoms with Crippen LogP contribution >= 0.6 is 0 Å². The minimum Gasteiger partial charge on any atom is -0.447 e. The second-order valence-electron chi connectivity index (χ2n) is 6.89. The van der Waals surface area contributed by atoms with Gasteiger partial charge in [0.05, 0.1) is 6.04 Å². The van der Waals surface area contributed by atoms with Crippen molar-refractivity contribution in [2.45, 2.75) is 25.9 Å². The molecule has 1 fully saturated rings. The molecule has 0 bridgehead atoms. The van der Waals surface area contributed by atoms with Crippen LogP contribution in [-0.2, 0) is 4.74 Å². The number of aryl methyl sites for hydroxylation is 1. The van der Waals surface area contributed by atoms with Crippen LogP contribution in [0.3, 0.4) is 0 Å². The number of amides is 1. The van der Waals surface area contributed by atoms with Crippen molar-refractivity contribution in [3.8, 4) is 0 Å². The Labute approximate surface area is 164 Å². The average molecular weight is 374 g/mol. The van der Waals surface area contributed by atoms with Crippen LogP contribution in [0.15, 0.2) is 66.9 Å². The zero-order valence-electron chi connectivity index (χ0n) is 15.9. The molecule has 0 radical (unpaired) electrons. The van der Waals surface area contributed by atoms with Crippen LogP contribution in [0.1, 0.15) is 35.7 Å². The normalized spacial score (nSPS) is 17.3. The van der Waals surface area contributed by atoms with E-state index in [0.717, 1.165) is 11.1 Å². The van der Waals surface area contributed by atoms with E-state index >= 15 is 0 Å². The largest absolute Gasteiger partial charge is 0.447 e. The van der Waals surface area contributed by atoms with Gasteiger partial charge >= 0.3 is 6.09 Å². The van der Waals surface area contributed by atoms with Gasteiger partial charge in [0.2, 0.25) is 5.95 Å². The highest BCUT2D eigenvalue weighted by Gasteiger charge is 2.36. The topological polar surface area (TPSA) is 67.4 Å². The van der Waals surface area contributed by atoms with Crippen molar-refractivity contribution in [3.05, 3.63) is 83.6 Å². The smallest absolute Gasteiger partial charge is 0.416 e. The van der Waals surface area contributed by atoms with Crippen molar-refractivity contribution in [1.82, 2.24) is 9.97 Å². The molecule has 28 heavy (non-hydrogen) atoms. The monoisotopic (exact) mass is 374 g/mol. The van der Waals surface area contributed by atoms with Gasteiger partial charge in [-0.15, -0.1) is 0 Å². The molecule has 2 atom stereocenters. The fraction of sp³-hybridized carbons (Fsp3) is 0.227. The Morgan fingerprint density at radius 1 is 1.14 bits per heavy atom. The summed E-state index contributed by atoms with van der Waals surface area (Å²) < 4.78 is 5.30. The lowest BCUT2D eigenvalue weighted by molar-refractivity contribution is 0.179. The van der Waals surface area contributed by atoms with E-state index < -0.39 is 6.09 Å². The number of hydrogen-bond acceptors (Lipinski definition) is 5. The maximum absolute atomic E-state index is 12.4. The first-order valence-electron chi connectivity index (χ1n) is 9.29. The number of benzene rings is 2. The first-order chi connectivity index (χ1) is 13.6. The van der Waals surface area contributed by atoms with Crippen LogP contribution in [-0.4, -0.2) is 22.7 Å². The van der Waals surface area contributed by atoms with Crippen LogP contribution in [0.2, 0.25) is 0 Å². The summed E-state index contributed by atoms with van der Waals surface area (Å²) in [6.07, 6.45) is 1.26.